The van der Waals surface area contributed by atoms with E-state index in [4.69, 9.17) is 14.5 Å². The molecule has 1 aliphatic carbocycles. The minimum Gasteiger partial charge on any atom is -0.495 e. The predicted molar refractivity (Wildman–Crippen MR) is 86.6 cm³/mol. The Kier molecular flexibility index (Phi) is 3.95. The number of rotatable bonds is 5. The lowest BCUT2D eigenvalue weighted by Gasteiger charge is -2.16. The summed E-state index contributed by atoms with van der Waals surface area (Å²) in [6.07, 6.45) is 3.42. The Hall–Kier alpha value is -2.39. The van der Waals surface area contributed by atoms with Crippen molar-refractivity contribution in [3.63, 3.8) is 0 Å². The van der Waals surface area contributed by atoms with Gasteiger partial charge in [-0.2, -0.15) is 10.2 Å². The van der Waals surface area contributed by atoms with Crippen LogP contribution >= 0.6 is 0 Å². The molecule has 0 spiro atoms. The normalized spacial score (nSPS) is 20.9. The third-order valence-corrected chi connectivity index (χ3v) is 4.81. The second-order valence-electron chi connectivity index (χ2n) is 6.63. The van der Waals surface area contributed by atoms with Crippen molar-refractivity contribution in [2.24, 2.45) is 0 Å². The summed E-state index contributed by atoms with van der Waals surface area (Å²) in [6.45, 7) is 2.77. The van der Waals surface area contributed by atoms with E-state index in [1.807, 2.05) is 18.2 Å². The second kappa shape index (κ2) is 6.25. The van der Waals surface area contributed by atoms with Crippen molar-refractivity contribution in [1.29, 1.82) is 5.26 Å². The van der Waals surface area contributed by atoms with E-state index in [1.54, 1.807) is 7.11 Å². The van der Waals surface area contributed by atoms with Crippen LogP contribution in [-0.4, -0.2) is 35.2 Å². The van der Waals surface area contributed by atoms with Gasteiger partial charge in [0, 0.05) is 19.0 Å². The molecule has 2 aliphatic rings. The first-order valence-electron chi connectivity index (χ1n) is 8.39. The zero-order valence-corrected chi connectivity index (χ0v) is 13.7. The summed E-state index contributed by atoms with van der Waals surface area (Å²) in [5.74, 6) is 3.17. The lowest BCUT2D eigenvalue weighted by atomic mass is 10.1. The number of ether oxygens (including phenoxy) is 1. The van der Waals surface area contributed by atoms with Gasteiger partial charge >= 0.3 is 0 Å². The lowest BCUT2D eigenvalue weighted by Crippen LogP contribution is -2.19. The average Bonchev–Trinajstić information content (AvgIpc) is 3.16. The molecule has 2 aromatic rings. The molecular formula is C18H20N4O2. The van der Waals surface area contributed by atoms with Crippen molar-refractivity contribution < 1.29 is 9.26 Å². The Morgan fingerprint density at radius 3 is 2.96 bits per heavy atom. The van der Waals surface area contributed by atoms with Crippen LogP contribution in [0.1, 0.15) is 53.9 Å². The molecule has 4 rings (SSSR count). The van der Waals surface area contributed by atoms with E-state index in [2.05, 4.69) is 21.1 Å². The van der Waals surface area contributed by atoms with Crippen LogP contribution in [0.25, 0.3) is 0 Å². The van der Waals surface area contributed by atoms with Gasteiger partial charge in [0.25, 0.3) is 0 Å². The minimum atomic E-state index is 0.324. The summed E-state index contributed by atoms with van der Waals surface area (Å²) in [5.41, 5.74) is 1.72. The molecule has 1 aromatic carbocycles. The molecule has 1 aliphatic heterocycles. The van der Waals surface area contributed by atoms with Crippen molar-refractivity contribution in [3.05, 3.63) is 41.0 Å². The Morgan fingerprint density at radius 1 is 1.33 bits per heavy atom. The molecule has 0 N–H and O–H groups in total. The topological polar surface area (TPSA) is 75.2 Å². The van der Waals surface area contributed by atoms with Gasteiger partial charge in [-0.1, -0.05) is 11.2 Å². The minimum absolute atomic E-state index is 0.324. The van der Waals surface area contributed by atoms with Crippen LogP contribution in [-0.2, 0) is 6.54 Å². The molecule has 2 fully saturated rings. The second-order valence-corrected chi connectivity index (χ2v) is 6.63. The van der Waals surface area contributed by atoms with Gasteiger partial charge in [0.2, 0.25) is 5.89 Å². The summed E-state index contributed by atoms with van der Waals surface area (Å²) in [7, 11) is 1.60. The molecule has 0 bridgehead atoms. The van der Waals surface area contributed by atoms with Crippen molar-refractivity contribution in [1.82, 2.24) is 15.0 Å². The number of hydrogen-bond acceptors (Lipinski definition) is 6. The van der Waals surface area contributed by atoms with Gasteiger partial charge in [0.1, 0.15) is 11.8 Å². The van der Waals surface area contributed by atoms with Crippen LogP contribution in [0.15, 0.2) is 22.7 Å². The molecule has 1 aromatic heterocycles. The Bertz CT molecular complexity index is 776. The summed E-state index contributed by atoms with van der Waals surface area (Å²) in [5, 5.41) is 13.2. The molecular weight excluding hydrogens is 304 g/mol. The molecule has 0 unspecified atom stereocenters. The van der Waals surface area contributed by atoms with Gasteiger partial charge in [0.15, 0.2) is 5.82 Å². The number of benzene rings is 1. The molecule has 1 atom stereocenters. The van der Waals surface area contributed by atoms with Crippen LogP contribution in [0.4, 0.5) is 0 Å². The molecule has 6 nitrogen and oxygen atoms in total. The number of methoxy groups -OCH3 is 1. The van der Waals surface area contributed by atoms with Gasteiger partial charge in [-0.3, -0.25) is 4.90 Å². The smallest absolute Gasteiger partial charge is 0.231 e. The molecule has 0 amide bonds. The standard InChI is InChI=1S/C18H20N4O2/c1-23-16-8-12(2-3-14(16)9-19)10-22-7-6-15(11-22)18-20-17(21-24-18)13-4-5-13/h2-3,8,13,15H,4-7,10-11H2,1H3/t15-/m0/s1. The van der Waals surface area contributed by atoms with Crippen LogP contribution in [0.5, 0.6) is 5.75 Å². The van der Waals surface area contributed by atoms with Crippen molar-refractivity contribution in [2.75, 3.05) is 20.2 Å². The first-order valence-corrected chi connectivity index (χ1v) is 8.39. The maximum absolute atomic E-state index is 9.07. The zero-order chi connectivity index (χ0) is 16.5. The molecule has 1 saturated carbocycles. The van der Waals surface area contributed by atoms with Crippen LogP contribution in [0.3, 0.4) is 0 Å². The third kappa shape index (κ3) is 3.00. The van der Waals surface area contributed by atoms with Gasteiger partial charge in [0.05, 0.1) is 18.6 Å². The van der Waals surface area contributed by atoms with Crippen molar-refractivity contribution >= 4 is 0 Å². The summed E-state index contributed by atoms with van der Waals surface area (Å²) in [6, 6.07) is 7.91. The molecule has 24 heavy (non-hydrogen) atoms. The maximum Gasteiger partial charge on any atom is 0.231 e. The number of likely N-dealkylation sites (tertiary alicyclic amines) is 1. The van der Waals surface area contributed by atoms with E-state index in [9.17, 15) is 0 Å². The van der Waals surface area contributed by atoms with E-state index in [0.717, 1.165) is 43.3 Å². The predicted octanol–water partition coefficient (Wildman–Crippen LogP) is 2.82. The molecule has 6 heteroatoms. The highest BCUT2D eigenvalue weighted by Gasteiger charge is 2.32. The number of hydrogen-bond donors (Lipinski definition) is 0. The van der Waals surface area contributed by atoms with Gasteiger partial charge < -0.3 is 9.26 Å². The van der Waals surface area contributed by atoms with E-state index in [-0.39, 0.29) is 0 Å². The van der Waals surface area contributed by atoms with Gasteiger partial charge in [-0.15, -0.1) is 0 Å². The summed E-state index contributed by atoms with van der Waals surface area (Å²) >= 11 is 0. The first kappa shape index (κ1) is 15.2. The van der Waals surface area contributed by atoms with Crippen molar-refractivity contribution in [3.8, 4) is 11.8 Å². The largest absolute Gasteiger partial charge is 0.495 e. The molecule has 0 radical (unpaired) electrons. The van der Waals surface area contributed by atoms with E-state index < -0.39 is 0 Å². The van der Waals surface area contributed by atoms with E-state index in [0.29, 0.717) is 23.1 Å². The molecule has 2 heterocycles. The quantitative estimate of drug-likeness (QED) is 0.842. The Balaban J connectivity index is 1.40. The van der Waals surface area contributed by atoms with E-state index in [1.165, 1.54) is 12.8 Å². The number of nitrogens with zero attached hydrogens (tertiary/aromatic N) is 4. The monoisotopic (exact) mass is 324 g/mol. The molecule has 1 saturated heterocycles. The van der Waals surface area contributed by atoms with Crippen molar-refractivity contribution in [2.45, 2.75) is 37.6 Å². The van der Waals surface area contributed by atoms with Gasteiger partial charge in [-0.05, 0) is 43.5 Å². The maximum atomic E-state index is 9.07. The Morgan fingerprint density at radius 2 is 2.21 bits per heavy atom. The fourth-order valence-electron chi connectivity index (χ4n) is 3.28. The van der Waals surface area contributed by atoms with Crippen LogP contribution < -0.4 is 4.74 Å². The first-order chi connectivity index (χ1) is 11.8. The summed E-state index contributed by atoms with van der Waals surface area (Å²) in [4.78, 5) is 6.97. The highest BCUT2D eigenvalue weighted by Crippen LogP contribution is 2.39. The Labute approximate surface area is 141 Å². The summed E-state index contributed by atoms with van der Waals surface area (Å²) < 4.78 is 10.8. The van der Waals surface area contributed by atoms with Gasteiger partial charge in [-0.25, -0.2) is 0 Å². The zero-order valence-electron chi connectivity index (χ0n) is 13.7. The fourth-order valence-corrected chi connectivity index (χ4v) is 3.28. The van der Waals surface area contributed by atoms with Crippen LogP contribution in [0.2, 0.25) is 0 Å². The average molecular weight is 324 g/mol. The van der Waals surface area contributed by atoms with E-state index >= 15 is 0 Å². The molecule has 124 valence electrons. The third-order valence-electron chi connectivity index (χ3n) is 4.81. The number of nitriles is 1. The highest BCUT2D eigenvalue weighted by atomic mass is 16.5. The van der Waals surface area contributed by atoms with Crippen LogP contribution in [0, 0.1) is 11.3 Å². The SMILES string of the molecule is COc1cc(CN2CC[C@H](c3nc(C4CC4)no3)C2)ccc1C#N. The number of aromatic nitrogens is 2. The fraction of sp³-hybridized carbons (Fsp3) is 0.500. The lowest BCUT2D eigenvalue weighted by molar-refractivity contribution is 0.308. The highest BCUT2D eigenvalue weighted by molar-refractivity contribution is 5.45.